The average Bonchev–Trinajstić information content (AvgIpc) is 2.50. The molecule has 2 rings (SSSR count). The van der Waals surface area contributed by atoms with Crippen LogP contribution < -0.4 is 4.74 Å². The van der Waals surface area contributed by atoms with Crippen molar-refractivity contribution in [3.05, 3.63) is 64.0 Å². The molecule has 0 bridgehead atoms. The van der Waals surface area contributed by atoms with Crippen LogP contribution in [-0.2, 0) is 0 Å². The summed E-state index contributed by atoms with van der Waals surface area (Å²) in [5.41, 5.74) is 1.48. The molecular formula is C15H9F5O2. The fourth-order valence-corrected chi connectivity index (χ4v) is 1.69. The van der Waals surface area contributed by atoms with Crippen molar-refractivity contribution in [2.45, 2.75) is 13.8 Å². The van der Waals surface area contributed by atoms with Crippen molar-refractivity contribution in [3.8, 4) is 5.75 Å². The molecule has 0 N–H and O–H groups in total. The number of hydrogen-bond donors (Lipinski definition) is 0. The zero-order valence-corrected chi connectivity index (χ0v) is 11.4. The molecule has 0 aliphatic carbocycles. The number of esters is 1. The second-order valence-electron chi connectivity index (χ2n) is 4.59. The first-order valence-electron chi connectivity index (χ1n) is 6.05. The van der Waals surface area contributed by atoms with Gasteiger partial charge in [0, 0.05) is 0 Å². The van der Waals surface area contributed by atoms with Crippen molar-refractivity contribution >= 4 is 5.97 Å². The predicted molar refractivity (Wildman–Crippen MR) is 67.1 cm³/mol. The third kappa shape index (κ3) is 2.66. The highest BCUT2D eigenvalue weighted by Crippen LogP contribution is 2.29. The molecule has 0 saturated carbocycles. The minimum Gasteiger partial charge on any atom is -0.416 e. The summed E-state index contributed by atoms with van der Waals surface area (Å²) in [6.45, 7) is 3.46. The third-order valence-corrected chi connectivity index (χ3v) is 3.11. The van der Waals surface area contributed by atoms with Crippen LogP contribution in [0.15, 0.2) is 18.2 Å². The Labute approximate surface area is 122 Å². The Morgan fingerprint density at radius 1 is 0.818 bits per heavy atom. The van der Waals surface area contributed by atoms with Crippen molar-refractivity contribution in [2.75, 3.05) is 0 Å². The molecule has 7 heteroatoms. The van der Waals surface area contributed by atoms with E-state index < -0.39 is 40.8 Å². The van der Waals surface area contributed by atoms with Gasteiger partial charge in [0.15, 0.2) is 0 Å². The van der Waals surface area contributed by atoms with E-state index in [-0.39, 0.29) is 5.56 Å². The number of ether oxygens (including phenoxy) is 1. The Morgan fingerprint density at radius 3 is 1.82 bits per heavy atom. The molecule has 0 saturated heterocycles. The van der Waals surface area contributed by atoms with E-state index in [4.69, 9.17) is 0 Å². The molecule has 0 aliphatic rings. The SMILES string of the molecule is Cc1ccc(C(=O)Oc2c(F)c(F)c(F)c(F)c2F)cc1C. The van der Waals surface area contributed by atoms with E-state index >= 15 is 0 Å². The third-order valence-electron chi connectivity index (χ3n) is 3.11. The standard InChI is InChI=1S/C15H9F5O2/c1-6-3-4-8(5-7(6)2)15(21)22-14-12(19)10(17)9(16)11(18)13(14)20/h3-5H,1-2H3. The number of carbonyl (C=O) groups is 1. The van der Waals surface area contributed by atoms with Crippen molar-refractivity contribution in [3.63, 3.8) is 0 Å². The summed E-state index contributed by atoms with van der Waals surface area (Å²) in [4.78, 5) is 11.8. The first-order valence-corrected chi connectivity index (χ1v) is 6.05. The fraction of sp³-hybridized carbons (Fsp3) is 0.133. The highest BCUT2D eigenvalue weighted by atomic mass is 19.2. The minimum absolute atomic E-state index is 0.0768. The van der Waals surface area contributed by atoms with Crippen LogP contribution >= 0.6 is 0 Å². The second-order valence-corrected chi connectivity index (χ2v) is 4.59. The first-order chi connectivity index (χ1) is 10.2. The number of carbonyl (C=O) groups excluding carboxylic acids is 1. The number of hydrogen-bond acceptors (Lipinski definition) is 2. The van der Waals surface area contributed by atoms with Gasteiger partial charge in [-0.3, -0.25) is 0 Å². The van der Waals surface area contributed by atoms with Crippen LogP contribution in [0.25, 0.3) is 0 Å². The van der Waals surface area contributed by atoms with Gasteiger partial charge in [0.25, 0.3) is 0 Å². The van der Waals surface area contributed by atoms with Crippen molar-refractivity contribution in [1.29, 1.82) is 0 Å². The van der Waals surface area contributed by atoms with Crippen LogP contribution in [0.5, 0.6) is 5.75 Å². The van der Waals surface area contributed by atoms with Crippen LogP contribution in [-0.4, -0.2) is 5.97 Å². The second kappa shape index (κ2) is 5.75. The van der Waals surface area contributed by atoms with Crippen LogP contribution in [0.1, 0.15) is 21.5 Å². The van der Waals surface area contributed by atoms with Crippen LogP contribution in [0.4, 0.5) is 22.0 Å². The molecule has 0 radical (unpaired) electrons. The summed E-state index contributed by atoms with van der Waals surface area (Å²) < 4.78 is 70.1. The van der Waals surface area contributed by atoms with Crippen LogP contribution in [0, 0.1) is 42.9 Å². The van der Waals surface area contributed by atoms with E-state index in [0.717, 1.165) is 5.56 Å². The summed E-state index contributed by atoms with van der Waals surface area (Å²) in [5.74, 6) is -13.9. The number of aryl methyl sites for hydroxylation is 2. The van der Waals surface area contributed by atoms with Gasteiger partial charge < -0.3 is 4.74 Å². The Balaban J connectivity index is 2.42. The topological polar surface area (TPSA) is 26.3 Å². The van der Waals surface area contributed by atoms with Gasteiger partial charge in [0.1, 0.15) is 0 Å². The van der Waals surface area contributed by atoms with Crippen molar-refractivity contribution in [1.82, 2.24) is 0 Å². The Morgan fingerprint density at radius 2 is 1.32 bits per heavy atom. The van der Waals surface area contributed by atoms with E-state index in [2.05, 4.69) is 4.74 Å². The molecule has 2 aromatic carbocycles. The van der Waals surface area contributed by atoms with Gasteiger partial charge in [0.05, 0.1) is 5.56 Å². The summed E-state index contributed by atoms with van der Waals surface area (Å²) in [5, 5.41) is 0. The monoisotopic (exact) mass is 316 g/mol. The molecule has 116 valence electrons. The van der Waals surface area contributed by atoms with E-state index in [9.17, 15) is 26.7 Å². The van der Waals surface area contributed by atoms with Gasteiger partial charge in [-0.2, -0.15) is 8.78 Å². The Hall–Kier alpha value is -2.44. The highest BCUT2D eigenvalue weighted by molar-refractivity contribution is 5.91. The van der Waals surface area contributed by atoms with E-state index in [1.807, 2.05) is 0 Å². The van der Waals surface area contributed by atoms with Gasteiger partial charge in [-0.25, -0.2) is 18.0 Å². The van der Waals surface area contributed by atoms with Crippen molar-refractivity contribution in [2.24, 2.45) is 0 Å². The number of halogens is 5. The molecule has 0 amide bonds. The maximum atomic E-state index is 13.4. The zero-order chi connectivity index (χ0) is 16.6. The maximum absolute atomic E-state index is 13.4. The molecule has 0 fully saturated rings. The number of benzene rings is 2. The zero-order valence-electron chi connectivity index (χ0n) is 11.4. The Kier molecular flexibility index (Phi) is 4.16. The molecule has 22 heavy (non-hydrogen) atoms. The molecule has 0 atom stereocenters. The lowest BCUT2D eigenvalue weighted by molar-refractivity contribution is 0.0716. The fourth-order valence-electron chi connectivity index (χ4n) is 1.69. The molecular weight excluding hydrogens is 307 g/mol. The van der Waals surface area contributed by atoms with Crippen LogP contribution in [0.2, 0.25) is 0 Å². The Bertz CT molecular complexity index is 742. The largest absolute Gasteiger partial charge is 0.416 e. The lowest BCUT2D eigenvalue weighted by atomic mass is 10.1. The molecule has 0 unspecified atom stereocenters. The highest BCUT2D eigenvalue weighted by Gasteiger charge is 2.28. The lowest BCUT2D eigenvalue weighted by Crippen LogP contribution is -2.14. The summed E-state index contributed by atoms with van der Waals surface area (Å²) >= 11 is 0. The normalized spacial score (nSPS) is 10.7. The van der Waals surface area contributed by atoms with Gasteiger partial charge in [-0.05, 0) is 37.1 Å². The summed E-state index contributed by atoms with van der Waals surface area (Å²) in [6, 6.07) is 4.25. The van der Waals surface area contributed by atoms with E-state index in [0.29, 0.717) is 5.56 Å². The summed E-state index contributed by atoms with van der Waals surface area (Å²) in [6.07, 6.45) is 0. The molecule has 0 heterocycles. The van der Waals surface area contributed by atoms with Gasteiger partial charge in [-0.15, -0.1) is 0 Å². The smallest absolute Gasteiger partial charge is 0.343 e. The lowest BCUT2D eigenvalue weighted by Gasteiger charge is -2.09. The summed E-state index contributed by atoms with van der Waals surface area (Å²) in [7, 11) is 0. The predicted octanol–water partition coefficient (Wildman–Crippen LogP) is 4.22. The molecule has 0 spiro atoms. The van der Waals surface area contributed by atoms with E-state index in [1.54, 1.807) is 19.9 Å². The number of rotatable bonds is 2. The first kappa shape index (κ1) is 15.9. The molecule has 2 nitrogen and oxygen atoms in total. The molecule has 2 aromatic rings. The van der Waals surface area contributed by atoms with Gasteiger partial charge in [-0.1, -0.05) is 6.07 Å². The van der Waals surface area contributed by atoms with Crippen molar-refractivity contribution < 1.29 is 31.5 Å². The van der Waals surface area contributed by atoms with Gasteiger partial charge in [0.2, 0.25) is 34.8 Å². The quantitative estimate of drug-likeness (QED) is 0.273. The minimum atomic E-state index is -2.32. The van der Waals surface area contributed by atoms with Crippen LogP contribution in [0.3, 0.4) is 0 Å². The molecule has 0 aliphatic heterocycles. The van der Waals surface area contributed by atoms with Gasteiger partial charge >= 0.3 is 5.97 Å². The molecule has 0 aromatic heterocycles. The van der Waals surface area contributed by atoms with E-state index in [1.165, 1.54) is 12.1 Å². The maximum Gasteiger partial charge on any atom is 0.343 e. The average molecular weight is 316 g/mol.